The van der Waals surface area contributed by atoms with Crippen LogP contribution in [0.5, 0.6) is 0 Å². The lowest BCUT2D eigenvalue weighted by molar-refractivity contribution is -0.748. The summed E-state index contributed by atoms with van der Waals surface area (Å²) < 4.78 is 45.2. The SMILES string of the molecule is CC(CSSC[C@@H](C)C(=O)[N+]1(P(=O)(O)O)CCCC1P(=O)(O)O)C(=O)[N+]1(P(=O)(O)O)CCCC1P(=O)(O)O. The highest BCUT2D eigenvalue weighted by Crippen LogP contribution is 2.65. The minimum Gasteiger partial charge on any atom is -0.320 e. The van der Waals surface area contributed by atoms with E-state index < -0.39 is 87.5 Å². The number of nitrogens with zero attached hydrogens (tertiary/aromatic N) is 2. The third-order valence-corrected chi connectivity index (χ3v) is 16.1. The van der Waals surface area contributed by atoms with Crippen molar-refractivity contribution in [2.75, 3.05) is 24.6 Å². The Bertz CT molecular complexity index is 1030. The van der Waals surface area contributed by atoms with Crippen molar-refractivity contribution < 1.29 is 75.5 Å². The monoisotopic (exact) mass is 666 g/mol. The summed E-state index contributed by atoms with van der Waals surface area (Å²) in [6.07, 6.45) is -0.443. The van der Waals surface area contributed by atoms with E-state index in [0.29, 0.717) is 0 Å². The molecule has 2 aliphatic heterocycles. The van der Waals surface area contributed by atoms with E-state index >= 15 is 0 Å². The van der Waals surface area contributed by atoms with Gasteiger partial charge >= 0.3 is 42.5 Å². The van der Waals surface area contributed by atoms with Crippen molar-refractivity contribution in [1.29, 1.82) is 0 Å². The number of hydrogen-bond acceptors (Lipinski definition) is 8. The van der Waals surface area contributed by atoms with Gasteiger partial charge in [-0.3, -0.25) is 28.7 Å². The molecule has 222 valence electrons. The zero-order chi connectivity index (χ0) is 29.5. The second kappa shape index (κ2) is 12.0. The quantitative estimate of drug-likeness (QED) is 0.0872. The molecule has 0 aromatic heterocycles. The second-order valence-electron chi connectivity index (χ2n) is 9.60. The fraction of sp³-hybridized carbons (Fsp3) is 0.875. The standard InChI is InChI=1S/C16H32N2O14P4S2/c1-11(15(19)17(35(27,28)29)7-3-5-13(17)33(21,22)23)9-37-38-10-12(2)16(20)18(36(30,31)32)8-4-6-14(18)34(24,25)26/h11-14H,3-10H2,1-2H3,(H6-2,21,22,23,24,25,26,27,28,29,30,31,32)/p+2/t11-,12?,13?,14?,17?,18?/m1/s1. The lowest BCUT2D eigenvalue weighted by Crippen LogP contribution is -2.55. The third-order valence-electron chi connectivity index (χ3n) is 6.94. The van der Waals surface area contributed by atoms with Gasteiger partial charge in [0.25, 0.3) is 0 Å². The number of carbonyl (C=O) groups is 2. The topological polar surface area (TPSA) is 264 Å². The number of carbonyl (C=O) groups excluding carboxylic acids is 2. The van der Waals surface area contributed by atoms with Gasteiger partial charge in [-0.1, -0.05) is 21.6 Å². The molecule has 0 spiro atoms. The number of rotatable bonds is 11. The summed E-state index contributed by atoms with van der Waals surface area (Å²) in [5.74, 6) is -8.08. The van der Waals surface area contributed by atoms with Crippen LogP contribution >= 0.6 is 52.3 Å². The summed E-state index contributed by atoms with van der Waals surface area (Å²) in [6, 6.07) is 0. The first-order valence-electron chi connectivity index (χ1n) is 11.4. The largest absolute Gasteiger partial charge is 0.534 e. The molecule has 6 atom stereocenters. The summed E-state index contributed by atoms with van der Waals surface area (Å²) in [7, 11) is -18.8. The van der Waals surface area contributed by atoms with Crippen LogP contribution < -0.4 is 0 Å². The molecule has 0 bridgehead atoms. The minimum atomic E-state index is -5.34. The van der Waals surface area contributed by atoms with Gasteiger partial charge in [-0.05, 0) is 13.8 Å². The molecule has 0 aromatic rings. The van der Waals surface area contributed by atoms with Gasteiger partial charge in [0.05, 0.1) is 24.9 Å². The molecule has 16 nitrogen and oxygen atoms in total. The van der Waals surface area contributed by atoms with E-state index in [2.05, 4.69) is 0 Å². The molecule has 2 saturated heterocycles. The van der Waals surface area contributed by atoms with Gasteiger partial charge in [0.1, 0.15) is 0 Å². The van der Waals surface area contributed by atoms with E-state index in [4.69, 9.17) is 0 Å². The van der Waals surface area contributed by atoms with Gasteiger partial charge < -0.3 is 19.6 Å². The van der Waals surface area contributed by atoms with Crippen LogP contribution in [-0.4, -0.2) is 95.6 Å². The molecule has 2 aliphatic rings. The molecule has 5 unspecified atom stereocenters. The van der Waals surface area contributed by atoms with E-state index in [9.17, 15) is 67.0 Å². The molecular formula is C16H34N2O14P4S2+2. The Balaban J connectivity index is 2.11. The molecule has 2 amide bonds. The predicted octanol–water partition coefficient (Wildman–Crippen LogP) is 1.11. The van der Waals surface area contributed by atoms with Gasteiger partial charge in [0.15, 0.2) is 0 Å². The number of hydrogen-bond donors (Lipinski definition) is 8. The Morgan fingerprint density at radius 1 is 0.684 bits per heavy atom. The summed E-state index contributed by atoms with van der Waals surface area (Å²) in [5.41, 5.74) is 0. The Labute approximate surface area is 226 Å². The van der Waals surface area contributed by atoms with Crippen molar-refractivity contribution in [3.05, 3.63) is 0 Å². The fourth-order valence-corrected chi connectivity index (χ4v) is 14.6. The van der Waals surface area contributed by atoms with E-state index in [1.807, 2.05) is 0 Å². The van der Waals surface area contributed by atoms with Crippen molar-refractivity contribution in [2.24, 2.45) is 11.8 Å². The summed E-state index contributed by atoms with van der Waals surface area (Å²) in [6.45, 7) is 1.82. The highest BCUT2D eigenvalue weighted by molar-refractivity contribution is 8.76. The van der Waals surface area contributed by atoms with Crippen LogP contribution in [-0.2, 0) is 27.8 Å². The first-order valence-corrected chi connectivity index (χ1v) is 20.3. The van der Waals surface area contributed by atoms with Crippen LogP contribution in [0.2, 0.25) is 0 Å². The zero-order valence-electron chi connectivity index (χ0n) is 20.5. The van der Waals surface area contributed by atoms with Crippen molar-refractivity contribution in [3.8, 4) is 0 Å². The molecular weight excluding hydrogens is 632 g/mol. The number of quaternary nitrogens is 2. The van der Waals surface area contributed by atoms with Crippen molar-refractivity contribution in [1.82, 2.24) is 0 Å². The molecule has 2 heterocycles. The lowest BCUT2D eigenvalue weighted by atomic mass is 10.2. The number of likely N-dealkylation sites (tertiary alicyclic amines) is 2. The normalized spacial score (nSPS) is 30.8. The molecule has 0 saturated carbocycles. The van der Waals surface area contributed by atoms with E-state index in [0.717, 1.165) is 21.6 Å². The molecule has 22 heteroatoms. The smallest absolute Gasteiger partial charge is 0.320 e. The van der Waals surface area contributed by atoms with E-state index in [1.54, 1.807) is 0 Å². The van der Waals surface area contributed by atoms with Crippen molar-refractivity contribution in [3.63, 3.8) is 0 Å². The lowest BCUT2D eigenvalue weighted by Gasteiger charge is -2.38. The Kier molecular flexibility index (Phi) is 11.0. The summed E-state index contributed by atoms with van der Waals surface area (Å²) in [5, 5.41) is 0. The maximum atomic E-state index is 13.2. The van der Waals surface area contributed by atoms with E-state index in [1.165, 1.54) is 13.8 Å². The second-order valence-corrected chi connectivity index (χ2v) is 19.2. The Hall–Kier alpha value is 0.560. The maximum absolute atomic E-state index is 13.2. The van der Waals surface area contributed by atoms with Crippen LogP contribution in [0.25, 0.3) is 0 Å². The third kappa shape index (κ3) is 6.62. The average molecular weight is 666 g/mol. The molecule has 2 rings (SSSR count). The van der Waals surface area contributed by atoms with Crippen LogP contribution in [0.3, 0.4) is 0 Å². The summed E-state index contributed by atoms with van der Waals surface area (Å²) in [4.78, 5) is 105. The molecule has 0 aliphatic carbocycles. The Morgan fingerprint density at radius 3 is 1.21 bits per heavy atom. The van der Waals surface area contributed by atoms with E-state index in [-0.39, 0.29) is 37.2 Å². The number of amides is 2. The minimum absolute atomic E-state index is 0.0239. The highest BCUT2D eigenvalue weighted by Gasteiger charge is 2.67. The van der Waals surface area contributed by atoms with Crippen LogP contribution in [0.15, 0.2) is 0 Å². The zero-order valence-corrected chi connectivity index (χ0v) is 25.7. The van der Waals surface area contributed by atoms with Gasteiger partial charge in [0, 0.05) is 37.2 Å². The van der Waals surface area contributed by atoms with Gasteiger partial charge in [0.2, 0.25) is 11.6 Å². The Morgan fingerprint density at radius 2 is 0.974 bits per heavy atom. The molecule has 0 aromatic carbocycles. The van der Waals surface area contributed by atoms with Crippen LogP contribution in [0, 0.1) is 11.8 Å². The average Bonchev–Trinajstić information content (AvgIpc) is 3.40. The first kappa shape index (κ1) is 34.8. The molecule has 2 fully saturated rings. The maximum Gasteiger partial charge on any atom is 0.534 e. The fourth-order valence-electron chi connectivity index (χ4n) is 5.17. The molecule has 8 N–H and O–H groups in total. The predicted molar refractivity (Wildman–Crippen MR) is 138 cm³/mol. The van der Waals surface area contributed by atoms with Gasteiger partial charge in [-0.25, -0.2) is 18.7 Å². The van der Waals surface area contributed by atoms with Crippen LogP contribution in [0.4, 0.5) is 0 Å². The van der Waals surface area contributed by atoms with Crippen molar-refractivity contribution >= 4 is 64.1 Å². The van der Waals surface area contributed by atoms with Gasteiger partial charge in [-0.15, -0.1) is 0 Å². The molecule has 38 heavy (non-hydrogen) atoms. The highest BCUT2D eigenvalue weighted by atomic mass is 33.1. The first-order chi connectivity index (χ1) is 17.0. The van der Waals surface area contributed by atoms with Gasteiger partial charge in [-0.2, -0.15) is 8.51 Å². The van der Waals surface area contributed by atoms with Crippen LogP contribution in [0.1, 0.15) is 39.5 Å². The summed E-state index contributed by atoms with van der Waals surface area (Å²) >= 11 is 0. The van der Waals surface area contributed by atoms with Crippen molar-refractivity contribution in [2.45, 2.75) is 51.1 Å². The molecule has 0 radical (unpaired) electrons.